The van der Waals surface area contributed by atoms with Gasteiger partial charge in [0.25, 0.3) is 0 Å². The Bertz CT molecular complexity index is 374. The Morgan fingerprint density at radius 2 is 2.00 bits per heavy atom. The van der Waals surface area contributed by atoms with E-state index in [1.54, 1.807) is 0 Å². The van der Waals surface area contributed by atoms with Gasteiger partial charge in [-0.3, -0.25) is 0 Å². The van der Waals surface area contributed by atoms with Crippen molar-refractivity contribution in [3.8, 4) is 0 Å². The van der Waals surface area contributed by atoms with Crippen LogP contribution in [0.2, 0.25) is 18.1 Å². The molecule has 0 aromatic carbocycles. The van der Waals surface area contributed by atoms with Crippen LogP contribution in [0, 0.1) is 0 Å². The zero-order chi connectivity index (χ0) is 13.1. The molecular weight excluding hydrogens is 294 g/mol. The molecule has 1 heterocycles. The lowest BCUT2D eigenvalue weighted by molar-refractivity contribution is 0.292. The SMILES string of the molecule is CC(C)(C)[Si](C)(C)OCCc1ccnc(Br)c1. The molecule has 0 saturated heterocycles. The van der Waals surface area contributed by atoms with E-state index in [1.165, 1.54) is 5.56 Å². The third-order valence-electron chi connectivity index (χ3n) is 3.45. The molecule has 1 aromatic heterocycles. The van der Waals surface area contributed by atoms with Crippen molar-refractivity contribution in [1.29, 1.82) is 0 Å². The maximum atomic E-state index is 6.14. The molecule has 1 rings (SSSR count). The maximum absolute atomic E-state index is 6.14. The zero-order valence-electron chi connectivity index (χ0n) is 11.4. The molecular formula is C13H22BrNOSi. The van der Waals surface area contributed by atoms with Crippen molar-refractivity contribution >= 4 is 24.2 Å². The molecule has 0 aliphatic heterocycles. The molecule has 0 aliphatic rings. The zero-order valence-corrected chi connectivity index (χ0v) is 14.0. The van der Waals surface area contributed by atoms with Crippen LogP contribution in [0.3, 0.4) is 0 Å². The van der Waals surface area contributed by atoms with E-state index >= 15 is 0 Å². The third kappa shape index (κ3) is 4.52. The van der Waals surface area contributed by atoms with Gasteiger partial charge < -0.3 is 4.43 Å². The first-order chi connectivity index (χ1) is 7.72. The van der Waals surface area contributed by atoms with Crippen LogP contribution in [0.5, 0.6) is 0 Å². The Hall–Kier alpha value is -0.193. The number of hydrogen-bond donors (Lipinski definition) is 0. The van der Waals surface area contributed by atoms with Crippen LogP contribution in [-0.2, 0) is 10.8 Å². The fourth-order valence-corrected chi connectivity index (χ4v) is 2.70. The third-order valence-corrected chi connectivity index (χ3v) is 8.42. The molecule has 0 fully saturated rings. The van der Waals surface area contributed by atoms with Crippen LogP contribution in [0.25, 0.3) is 0 Å². The second-order valence-corrected chi connectivity index (χ2v) is 11.5. The van der Waals surface area contributed by atoms with Crippen molar-refractivity contribution in [2.45, 2.75) is 45.3 Å². The largest absolute Gasteiger partial charge is 0.416 e. The molecule has 0 atom stereocenters. The second kappa shape index (κ2) is 5.63. The molecule has 0 aliphatic carbocycles. The average Bonchev–Trinajstić information content (AvgIpc) is 2.15. The summed E-state index contributed by atoms with van der Waals surface area (Å²) in [7, 11) is -1.60. The minimum atomic E-state index is -1.60. The molecule has 1 aromatic rings. The quantitative estimate of drug-likeness (QED) is 0.606. The lowest BCUT2D eigenvalue weighted by atomic mass is 10.2. The first-order valence-corrected chi connectivity index (χ1v) is 9.67. The second-order valence-electron chi connectivity index (χ2n) is 5.85. The molecule has 2 nitrogen and oxygen atoms in total. The van der Waals surface area contributed by atoms with Gasteiger partial charge in [0.1, 0.15) is 4.60 Å². The molecule has 0 unspecified atom stereocenters. The van der Waals surface area contributed by atoms with Crippen LogP contribution in [0.15, 0.2) is 22.9 Å². The summed E-state index contributed by atoms with van der Waals surface area (Å²) in [5.74, 6) is 0. The summed E-state index contributed by atoms with van der Waals surface area (Å²) in [5, 5.41) is 0.284. The number of halogens is 1. The van der Waals surface area contributed by atoms with Gasteiger partial charge in [0.2, 0.25) is 0 Å². The van der Waals surface area contributed by atoms with Crippen molar-refractivity contribution in [2.24, 2.45) is 0 Å². The standard InChI is InChI=1S/C13H22BrNOSi/c1-13(2,3)17(4,5)16-9-7-11-6-8-15-12(14)10-11/h6,8,10H,7,9H2,1-5H3. The molecule has 0 saturated carbocycles. The molecule has 4 heteroatoms. The molecule has 0 amide bonds. The highest BCUT2D eigenvalue weighted by Crippen LogP contribution is 2.36. The summed E-state index contributed by atoms with van der Waals surface area (Å²) in [5.41, 5.74) is 1.27. The first-order valence-electron chi connectivity index (χ1n) is 5.97. The van der Waals surface area contributed by atoms with E-state index in [1.807, 2.05) is 12.3 Å². The predicted octanol–water partition coefficient (Wildman–Crippen LogP) is 4.41. The normalized spacial score (nSPS) is 12.8. The Morgan fingerprint density at radius 1 is 1.35 bits per heavy atom. The average molecular weight is 316 g/mol. The van der Waals surface area contributed by atoms with Crippen LogP contribution in [0.4, 0.5) is 0 Å². The van der Waals surface area contributed by atoms with Gasteiger partial charge in [-0.25, -0.2) is 4.98 Å². The lowest BCUT2D eigenvalue weighted by Gasteiger charge is -2.36. The van der Waals surface area contributed by atoms with Gasteiger partial charge in [-0.15, -0.1) is 0 Å². The van der Waals surface area contributed by atoms with E-state index in [9.17, 15) is 0 Å². The highest BCUT2D eigenvalue weighted by atomic mass is 79.9. The molecule has 0 radical (unpaired) electrons. The van der Waals surface area contributed by atoms with Gasteiger partial charge in [-0.2, -0.15) is 0 Å². The topological polar surface area (TPSA) is 22.1 Å². The monoisotopic (exact) mass is 315 g/mol. The van der Waals surface area contributed by atoms with Crippen molar-refractivity contribution in [3.05, 3.63) is 28.5 Å². The Labute approximate surface area is 114 Å². The van der Waals surface area contributed by atoms with Crippen molar-refractivity contribution in [3.63, 3.8) is 0 Å². The molecule has 0 N–H and O–H groups in total. The lowest BCUT2D eigenvalue weighted by Crippen LogP contribution is -2.41. The van der Waals surface area contributed by atoms with Gasteiger partial charge >= 0.3 is 0 Å². The molecule has 0 spiro atoms. The number of rotatable bonds is 4. The summed E-state index contributed by atoms with van der Waals surface area (Å²) < 4.78 is 7.03. The van der Waals surface area contributed by atoms with Crippen molar-refractivity contribution in [2.75, 3.05) is 6.61 Å². The number of aromatic nitrogens is 1. The van der Waals surface area contributed by atoms with Gasteiger partial charge in [-0.1, -0.05) is 20.8 Å². The summed E-state index contributed by atoms with van der Waals surface area (Å²) in [6.45, 7) is 12.2. The maximum Gasteiger partial charge on any atom is 0.191 e. The highest BCUT2D eigenvalue weighted by Gasteiger charge is 2.36. The van der Waals surface area contributed by atoms with Gasteiger partial charge in [0, 0.05) is 12.8 Å². The minimum absolute atomic E-state index is 0.284. The van der Waals surface area contributed by atoms with E-state index in [2.05, 4.69) is 60.8 Å². The van der Waals surface area contributed by atoms with Crippen molar-refractivity contribution < 1.29 is 4.43 Å². The number of nitrogens with zero attached hydrogens (tertiary/aromatic N) is 1. The Balaban J connectivity index is 2.48. The van der Waals surface area contributed by atoms with Crippen LogP contribution in [-0.4, -0.2) is 19.9 Å². The van der Waals surface area contributed by atoms with Crippen LogP contribution >= 0.6 is 15.9 Å². The predicted molar refractivity (Wildman–Crippen MR) is 78.8 cm³/mol. The summed E-state index contributed by atoms with van der Waals surface area (Å²) in [4.78, 5) is 4.12. The van der Waals surface area contributed by atoms with E-state index < -0.39 is 8.32 Å². The Kier molecular flexibility index (Phi) is 4.92. The first kappa shape index (κ1) is 14.9. The fourth-order valence-electron chi connectivity index (χ4n) is 1.24. The van der Waals surface area contributed by atoms with Gasteiger partial charge in [0.15, 0.2) is 8.32 Å². The summed E-state index contributed by atoms with van der Waals surface area (Å²) >= 11 is 3.38. The fraction of sp³-hybridized carbons (Fsp3) is 0.615. The van der Waals surface area contributed by atoms with E-state index in [0.717, 1.165) is 17.6 Å². The number of hydrogen-bond acceptors (Lipinski definition) is 2. The van der Waals surface area contributed by atoms with Crippen LogP contribution in [0.1, 0.15) is 26.3 Å². The number of pyridine rings is 1. The molecule has 0 bridgehead atoms. The van der Waals surface area contributed by atoms with E-state index in [-0.39, 0.29) is 5.04 Å². The molecule has 96 valence electrons. The van der Waals surface area contributed by atoms with Gasteiger partial charge in [-0.05, 0) is 58.2 Å². The molecule has 17 heavy (non-hydrogen) atoms. The van der Waals surface area contributed by atoms with Crippen LogP contribution < -0.4 is 0 Å². The van der Waals surface area contributed by atoms with E-state index in [0.29, 0.717) is 0 Å². The Morgan fingerprint density at radius 3 is 2.53 bits per heavy atom. The van der Waals surface area contributed by atoms with Gasteiger partial charge in [0.05, 0.1) is 0 Å². The minimum Gasteiger partial charge on any atom is -0.416 e. The summed E-state index contributed by atoms with van der Waals surface area (Å²) in [6.07, 6.45) is 2.78. The van der Waals surface area contributed by atoms with Crippen molar-refractivity contribution in [1.82, 2.24) is 4.98 Å². The smallest absolute Gasteiger partial charge is 0.191 e. The summed E-state index contributed by atoms with van der Waals surface area (Å²) in [6, 6.07) is 4.09. The highest BCUT2D eigenvalue weighted by molar-refractivity contribution is 9.10. The van der Waals surface area contributed by atoms with E-state index in [4.69, 9.17) is 4.43 Å².